The number of carbonyl (C=O) groups excluding carboxylic acids is 3. The van der Waals surface area contributed by atoms with Crippen molar-refractivity contribution in [3.05, 3.63) is 93.0 Å². The van der Waals surface area contributed by atoms with E-state index in [-0.39, 0.29) is 12.2 Å². The summed E-state index contributed by atoms with van der Waals surface area (Å²) in [6.45, 7) is 2.01. The lowest BCUT2D eigenvalue weighted by Gasteiger charge is -2.13. The van der Waals surface area contributed by atoms with Crippen LogP contribution in [-0.4, -0.2) is 29.5 Å². The van der Waals surface area contributed by atoms with Gasteiger partial charge >= 0.3 is 11.8 Å². The fourth-order valence-corrected chi connectivity index (χ4v) is 4.06. The van der Waals surface area contributed by atoms with Crippen LogP contribution in [0.1, 0.15) is 21.6 Å². The van der Waals surface area contributed by atoms with Crippen molar-refractivity contribution in [3.8, 4) is 5.75 Å². The molecule has 0 fully saturated rings. The number of halogens is 2. The van der Waals surface area contributed by atoms with Crippen LogP contribution < -0.4 is 20.8 Å². The Hall–Kier alpha value is -3.82. The Kier molecular flexibility index (Phi) is 7.61. The molecule has 3 aromatic carbocycles. The minimum Gasteiger partial charge on any atom is -0.497 e. The average Bonchev–Trinajstić information content (AvgIpc) is 3.22. The monoisotopic (exact) mass is 568 g/mol. The summed E-state index contributed by atoms with van der Waals surface area (Å²) in [5, 5.41) is 6.56. The maximum absolute atomic E-state index is 13.2. The summed E-state index contributed by atoms with van der Waals surface area (Å²) in [5.74, 6) is -1.56. The van der Waals surface area contributed by atoms with E-state index >= 15 is 0 Å². The smallest absolute Gasteiger partial charge is 0.328 e. The number of nitrogens with one attached hydrogen (secondary N) is 3. The highest BCUT2D eigenvalue weighted by Crippen LogP contribution is 2.25. The number of ether oxygens (including phenoxy) is 1. The Morgan fingerprint density at radius 2 is 1.72 bits per heavy atom. The number of aryl methyl sites for hydroxylation is 1. The summed E-state index contributed by atoms with van der Waals surface area (Å²) in [6.07, 6.45) is 0. The van der Waals surface area contributed by atoms with Crippen LogP contribution in [0.5, 0.6) is 5.75 Å². The van der Waals surface area contributed by atoms with Crippen LogP contribution in [0, 0.1) is 6.92 Å². The largest absolute Gasteiger partial charge is 0.497 e. The van der Waals surface area contributed by atoms with Crippen molar-refractivity contribution in [1.29, 1.82) is 0 Å². The second-order valence-corrected chi connectivity index (χ2v) is 9.28. The van der Waals surface area contributed by atoms with Crippen LogP contribution in [0.4, 0.5) is 5.69 Å². The third-order valence-electron chi connectivity index (χ3n) is 5.46. The van der Waals surface area contributed by atoms with E-state index in [1.807, 2.05) is 6.92 Å². The molecule has 0 bridgehead atoms. The van der Waals surface area contributed by atoms with E-state index < -0.39 is 17.7 Å². The molecule has 0 aliphatic rings. The number of amides is 3. The molecule has 3 N–H and O–H groups in total. The molecular formula is C26H22BrClN4O4. The number of nitrogens with zero attached hydrogens (tertiary/aromatic N) is 1. The number of anilines is 1. The molecule has 0 aliphatic carbocycles. The van der Waals surface area contributed by atoms with Gasteiger partial charge in [-0.25, -0.2) is 4.68 Å². The first kappa shape index (κ1) is 25.3. The quantitative estimate of drug-likeness (QED) is 0.284. The van der Waals surface area contributed by atoms with Crippen LogP contribution in [0.2, 0.25) is 5.02 Å². The lowest BCUT2D eigenvalue weighted by Crippen LogP contribution is -2.39. The average molecular weight is 570 g/mol. The molecule has 10 heteroatoms. The zero-order chi connectivity index (χ0) is 25.8. The third-order valence-corrected chi connectivity index (χ3v) is 6.36. The van der Waals surface area contributed by atoms with E-state index in [1.165, 1.54) is 4.68 Å². The van der Waals surface area contributed by atoms with Gasteiger partial charge in [-0.1, -0.05) is 45.7 Å². The molecule has 184 valence electrons. The predicted molar refractivity (Wildman–Crippen MR) is 143 cm³/mol. The standard InChI is InChI=1S/C26H22BrClN4O4/c1-15-3-7-19(13-21(15)28)30-24(33)23-12-17-11-18(27)6-10-22(17)32(23)31-26(35)25(34)29-14-16-4-8-20(36-2)9-5-16/h3-13H,14H2,1-2H3,(H,29,34)(H,30,33)(H,31,35). The fraction of sp³-hybridized carbons (Fsp3) is 0.115. The Morgan fingerprint density at radius 3 is 2.42 bits per heavy atom. The van der Waals surface area contributed by atoms with Gasteiger partial charge in [-0.05, 0) is 66.6 Å². The van der Waals surface area contributed by atoms with Gasteiger partial charge in [-0.2, -0.15) is 0 Å². The van der Waals surface area contributed by atoms with E-state index in [0.717, 1.165) is 15.6 Å². The highest BCUT2D eigenvalue weighted by atomic mass is 79.9. The minimum atomic E-state index is -0.920. The Labute approximate surface area is 220 Å². The van der Waals surface area contributed by atoms with Crippen molar-refractivity contribution in [2.45, 2.75) is 13.5 Å². The SMILES string of the molecule is COc1ccc(CNC(=O)C(=O)Nn2c(C(=O)Nc3ccc(C)c(Cl)c3)cc3cc(Br)ccc32)cc1. The maximum Gasteiger partial charge on any atom is 0.328 e. The molecule has 36 heavy (non-hydrogen) atoms. The molecule has 4 rings (SSSR count). The Balaban J connectivity index is 1.54. The summed E-state index contributed by atoms with van der Waals surface area (Å²) >= 11 is 9.59. The second-order valence-electron chi connectivity index (χ2n) is 7.96. The van der Waals surface area contributed by atoms with Gasteiger partial charge in [-0.3, -0.25) is 19.8 Å². The van der Waals surface area contributed by atoms with Gasteiger partial charge in [0.2, 0.25) is 0 Å². The summed E-state index contributed by atoms with van der Waals surface area (Å²) < 4.78 is 7.21. The van der Waals surface area contributed by atoms with E-state index in [4.69, 9.17) is 16.3 Å². The molecule has 4 aromatic rings. The van der Waals surface area contributed by atoms with E-state index in [9.17, 15) is 14.4 Å². The van der Waals surface area contributed by atoms with Crippen molar-refractivity contribution >= 4 is 61.8 Å². The van der Waals surface area contributed by atoms with Crippen molar-refractivity contribution in [3.63, 3.8) is 0 Å². The number of hydrogen-bond donors (Lipinski definition) is 3. The highest BCUT2D eigenvalue weighted by Gasteiger charge is 2.21. The van der Waals surface area contributed by atoms with Gasteiger partial charge in [0.1, 0.15) is 11.4 Å². The van der Waals surface area contributed by atoms with Gasteiger partial charge in [0, 0.05) is 27.1 Å². The molecule has 0 spiro atoms. The predicted octanol–water partition coefficient (Wildman–Crippen LogP) is 5.01. The van der Waals surface area contributed by atoms with Crippen LogP contribution in [0.3, 0.4) is 0 Å². The van der Waals surface area contributed by atoms with Gasteiger partial charge in [0.25, 0.3) is 5.91 Å². The van der Waals surface area contributed by atoms with Crippen LogP contribution in [0.25, 0.3) is 10.9 Å². The normalized spacial score (nSPS) is 10.7. The number of fused-ring (bicyclic) bond motifs is 1. The lowest BCUT2D eigenvalue weighted by molar-refractivity contribution is -0.136. The summed E-state index contributed by atoms with van der Waals surface area (Å²) in [6, 6.07) is 19.2. The first-order chi connectivity index (χ1) is 17.2. The number of carbonyl (C=O) groups is 3. The molecular weight excluding hydrogens is 548 g/mol. The molecule has 0 saturated carbocycles. The second kappa shape index (κ2) is 10.8. The van der Waals surface area contributed by atoms with Crippen molar-refractivity contribution in [2.75, 3.05) is 17.9 Å². The van der Waals surface area contributed by atoms with Gasteiger partial charge in [-0.15, -0.1) is 0 Å². The fourth-order valence-electron chi connectivity index (χ4n) is 3.50. The number of hydrogen-bond acceptors (Lipinski definition) is 4. The summed E-state index contributed by atoms with van der Waals surface area (Å²) in [5.41, 5.74) is 5.39. The van der Waals surface area contributed by atoms with Gasteiger partial charge in [0.15, 0.2) is 0 Å². The first-order valence-electron chi connectivity index (χ1n) is 10.9. The van der Waals surface area contributed by atoms with Gasteiger partial charge < -0.3 is 15.4 Å². The molecule has 0 radical (unpaired) electrons. The summed E-state index contributed by atoms with van der Waals surface area (Å²) in [7, 11) is 1.56. The molecule has 3 amide bonds. The number of methoxy groups -OCH3 is 1. The molecule has 8 nitrogen and oxygen atoms in total. The number of benzene rings is 3. The van der Waals surface area contributed by atoms with E-state index in [0.29, 0.717) is 27.4 Å². The number of aromatic nitrogens is 1. The van der Waals surface area contributed by atoms with Crippen LogP contribution >= 0.6 is 27.5 Å². The maximum atomic E-state index is 13.2. The Bertz CT molecular complexity index is 1470. The molecule has 0 aliphatic heterocycles. The first-order valence-corrected chi connectivity index (χ1v) is 12.0. The number of rotatable bonds is 6. The van der Waals surface area contributed by atoms with E-state index in [2.05, 4.69) is 32.0 Å². The molecule has 0 unspecified atom stereocenters. The van der Waals surface area contributed by atoms with Crippen LogP contribution in [-0.2, 0) is 16.1 Å². The van der Waals surface area contributed by atoms with Crippen molar-refractivity contribution in [1.82, 2.24) is 9.99 Å². The van der Waals surface area contributed by atoms with E-state index in [1.54, 1.807) is 73.8 Å². The summed E-state index contributed by atoms with van der Waals surface area (Å²) in [4.78, 5) is 38.4. The highest BCUT2D eigenvalue weighted by molar-refractivity contribution is 9.10. The topological polar surface area (TPSA) is 101 Å². The molecule has 0 saturated heterocycles. The lowest BCUT2D eigenvalue weighted by atomic mass is 10.2. The van der Waals surface area contributed by atoms with Crippen LogP contribution in [0.15, 0.2) is 71.2 Å². The zero-order valence-corrected chi connectivity index (χ0v) is 21.7. The zero-order valence-electron chi connectivity index (χ0n) is 19.4. The minimum absolute atomic E-state index is 0.135. The molecule has 1 aromatic heterocycles. The van der Waals surface area contributed by atoms with Crippen molar-refractivity contribution in [2.24, 2.45) is 0 Å². The molecule has 1 heterocycles. The van der Waals surface area contributed by atoms with Gasteiger partial charge in [0.05, 0.1) is 12.6 Å². The van der Waals surface area contributed by atoms with Crippen molar-refractivity contribution < 1.29 is 19.1 Å². The third kappa shape index (κ3) is 5.69. The Morgan fingerprint density at radius 1 is 0.972 bits per heavy atom. The molecule has 0 atom stereocenters.